The average Bonchev–Trinajstić information content (AvgIpc) is 2.01. The number of amides is 1. The van der Waals surface area contributed by atoms with Crippen molar-refractivity contribution in [3.8, 4) is 0 Å². The van der Waals surface area contributed by atoms with Crippen molar-refractivity contribution >= 4 is 5.91 Å². The molecule has 0 bridgehead atoms. The number of carbonyl (C=O) groups excluding carboxylic acids is 1. The lowest BCUT2D eigenvalue weighted by atomic mass is 10.2. The van der Waals surface area contributed by atoms with Crippen molar-refractivity contribution in [2.45, 2.75) is 40.7 Å². The first-order valence-corrected chi connectivity index (χ1v) is 5.86. The Morgan fingerprint density at radius 3 is 2.07 bits per heavy atom. The second kappa shape index (κ2) is 6.83. The number of hydrogen-bond acceptors (Lipinski definition) is 2. The highest BCUT2D eigenvalue weighted by molar-refractivity contribution is 5.78. The number of hydrogen-bond donors (Lipinski definition) is 0. The van der Waals surface area contributed by atoms with Gasteiger partial charge in [-0.25, -0.2) is 0 Å². The van der Waals surface area contributed by atoms with E-state index in [1.165, 1.54) is 0 Å². The van der Waals surface area contributed by atoms with Crippen LogP contribution in [0.4, 0.5) is 0 Å². The molecule has 0 aliphatic carbocycles. The largest absolute Gasteiger partial charge is 0.339 e. The Kier molecular flexibility index (Phi) is 6.57. The van der Waals surface area contributed by atoms with Gasteiger partial charge in [0.15, 0.2) is 0 Å². The molecular weight excluding hydrogens is 188 g/mol. The zero-order valence-electron chi connectivity index (χ0n) is 11.1. The molecule has 0 atom stereocenters. The van der Waals surface area contributed by atoms with Crippen LogP contribution in [-0.4, -0.2) is 48.4 Å². The van der Waals surface area contributed by atoms with Crippen LogP contribution in [0.2, 0.25) is 0 Å². The maximum atomic E-state index is 11.9. The summed E-state index contributed by atoms with van der Waals surface area (Å²) in [5.41, 5.74) is 0. The molecule has 0 unspecified atom stereocenters. The Morgan fingerprint density at radius 2 is 1.73 bits per heavy atom. The van der Waals surface area contributed by atoms with Crippen molar-refractivity contribution in [2.24, 2.45) is 5.92 Å². The van der Waals surface area contributed by atoms with Gasteiger partial charge in [0.1, 0.15) is 0 Å². The first-order valence-electron chi connectivity index (χ1n) is 5.86. The van der Waals surface area contributed by atoms with Crippen molar-refractivity contribution in [1.29, 1.82) is 0 Å². The fraction of sp³-hybridized carbons (Fsp3) is 0.917. The summed E-state index contributed by atoms with van der Waals surface area (Å²) >= 11 is 0. The van der Waals surface area contributed by atoms with Gasteiger partial charge in [0.2, 0.25) is 5.91 Å². The second-order valence-corrected chi connectivity index (χ2v) is 4.86. The molecule has 90 valence electrons. The van der Waals surface area contributed by atoms with E-state index in [0.717, 1.165) is 13.1 Å². The third-order valence-electron chi connectivity index (χ3n) is 2.37. The van der Waals surface area contributed by atoms with Gasteiger partial charge < -0.3 is 4.90 Å². The third-order valence-corrected chi connectivity index (χ3v) is 2.37. The molecule has 0 aliphatic heterocycles. The Labute approximate surface area is 94.4 Å². The van der Waals surface area contributed by atoms with Crippen LogP contribution in [0, 0.1) is 5.92 Å². The second-order valence-electron chi connectivity index (χ2n) is 4.86. The maximum absolute atomic E-state index is 11.9. The van der Waals surface area contributed by atoms with E-state index < -0.39 is 0 Å². The SMILES string of the molecule is CCN(C(=O)CN(C)CC(C)C)C(C)C. The van der Waals surface area contributed by atoms with Crippen LogP contribution in [-0.2, 0) is 4.79 Å². The number of carbonyl (C=O) groups is 1. The molecule has 0 spiro atoms. The number of nitrogens with zero attached hydrogens (tertiary/aromatic N) is 2. The van der Waals surface area contributed by atoms with Gasteiger partial charge in [0.25, 0.3) is 0 Å². The number of rotatable bonds is 6. The van der Waals surface area contributed by atoms with E-state index in [1.54, 1.807) is 0 Å². The minimum atomic E-state index is 0.232. The molecule has 0 saturated carbocycles. The highest BCUT2D eigenvalue weighted by Gasteiger charge is 2.16. The van der Waals surface area contributed by atoms with Crippen LogP contribution in [0.5, 0.6) is 0 Å². The summed E-state index contributed by atoms with van der Waals surface area (Å²) < 4.78 is 0. The first kappa shape index (κ1) is 14.4. The van der Waals surface area contributed by atoms with E-state index in [9.17, 15) is 4.79 Å². The summed E-state index contributed by atoms with van der Waals surface area (Å²) in [6.45, 7) is 12.8. The predicted molar refractivity (Wildman–Crippen MR) is 64.9 cm³/mol. The molecular formula is C12H26N2O. The molecule has 0 aromatic rings. The van der Waals surface area contributed by atoms with Gasteiger partial charge in [-0.05, 0) is 33.7 Å². The van der Waals surface area contributed by atoms with Crippen LogP contribution in [0.25, 0.3) is 0 Å². The van der Waals surface area contributed by atoms with Crippen LogP contribution in [0.1, 0.15) is 34.6 Å². The van der Waals surface area contributed by atoms with Crippen molar-refractivity contribution in [1.82, 2.24) is 9.80 Å². The zero-order chi connectivity index (χ0) is 12.0. The maximum Gasteiger partial charge on any atom is 0.236 e. The van der Waals surface area contributed by atoms with Crippen molar-refractivity contribution in [3.05, 3.63) is 0 Å². The van der Waals surface area contributed by atoms with Crippen LogP contribution in [0.15, 0.2) is 0 Å². The van der Waals surface area contributed by atoms with Gasteiger partial charge in [-0.15, -0.1) is 0 Å². The van der Waals surface area contributed by atoms with Gasteiger partial charge in [-0.2, -0.15) is 0 Å². The Hall–Kier alpha value is -0.570. The lowest BCUT2D eigenvalue weighted by Gasteiger charge is -2.28. The van der Waals surface area contributed by atoms with E-state index in [4.69, 9.17) is 0 Å². The molecule has 0 radical (unpaired) electrons. The summed E-state index contributed by atoms with van der Waals surface area (Å²) in [7, 11) is 2.01. The van der Waals surface area contributed by atoms with E-state index in [-0.39, 0.29) is 5.91 Å². The van der Waals surface area contributed by atoms with Crippen molar-refractivity contribution in [3.63, 3.8) is 0 Å². The summed E-state index contributed by atoms with van der Waals surface area (Å²) in [5.74, 6) is 0.840. The highest BCUT2D eigenvalue weighted by atomic mass is 16.2. The highest BCUT2D eigenvalue weighted by Crippen LogP contribution is 2.01. The summed E-state index contributed by atoms with van der Waals surface area (Å²) in [6.07, 6.45) is 0. The van der Waals surface area contributed by atoms with Crippen LogP contribution < -0.4 is 0 Å². The molecule has 0 fully saturated rings. The smallest absolute Gasteiger partial charge is 0.236 e. The first-order chi connectivity index (χ1) is 6.88. The van der Waals surface area contributed by atoms with Crippen LogP contribution >= 0.6 is 0 Å². The van der Waals surface area contributed by atoms with Gasteiger partial charge in [-0.1, -0.05) is 13.8 Å². The van der Waals surface area contributed by atoms with Gasteiger partial charge in [-0.3, -0.25) is 9.69 Å². The van der Waals surface area contributed by atoms with E-state index >= 15 is 0 Å². The normalized spacial score (nSPS) is 11.5. The summed E-state index contributed by atoms with van der Waals surface area (Å²) in [4.78, 5) is 15.9. The van der Waals surface area contributed by atoms with Gasteiger partial charge in [0.05, 0.1) is 6.54 Å². The predicted octanol–water partition coefficient (Wildman–Crippen LogP) is 1.83. The van der Waals surface area contributed by atoms with Crippen molar-refractivity contribution in [2.75, 3.05) is 26.7 Å². The Morgan fingerprint density at radius 1 is 1.20 bits per heavy atom. The fourth-order valence-corrected chi connectivity index (χ4v) is 1.84. The molecule has 3 heteroatoms. The monoisotopic (exact) mass is 214 g/mol. The van der Waals surface area contributed by atoms with E-state index in [2.05, 4.69) is 32.6 Å². The van der Waals surface area contributed by atoms with Crippen molar-refractivity contribution < 1.29 is 4.79 Å². The molecule has 0 aliphatic rings. The fourth-order valence-electron chi connectivity index (χ4n) is 1.84. The Bertz CT molecular complexity index is 190. The number of likely N-dealkylation sites (N-methyl/N-ethyl adjacent to an activating group) is 2. The molecule has 0 aromatic heterocycles. The minimum Gasteiger partial charge on any atom is -0.339 e. The average molecular weight is 214 g/mol. The summed E-state index contributed by atoms with van der Waals surface area (Å²) in [5, 5.41) is 0. The standard InChI is InChI=1S/C12H26N2O/c1-7-14(11(4)5)12(15)9-13(6)8-10(2)3/h10-11H,7-9H2,1-6H3. The molecule has 0 N–H and O–H groups in total. The van der Waals surface area contributed by atoms with E-state index in [0.29, 0.717) is 18.5 Å². The molecule has 0 heterocycles. The molecule has 0 aromatic carbocycles. The summed E-state index contributed by atoms with van der Waals surface area (Å²) in [6, 6.07) is 0.301. The quantitative estimate of drug-likeness (QED) is 0.673. The lowest BCUT2D eigenvalue weighted by Crippen LogP contribution is -2.43. The minimum absolute atomic E-state index is 0.232. The van der Waals surface area contributed by atoms with E-state index in [1.807, 2.05) is 18.9 Å². The topological polar surface area (TPSA) is 23.6 Å². The zero-order valence-corrected chi connectivity index (χ0v) is 11.1. The molecule has 0 rings (SSSR count). The van der Waals surface area contributed by atoms with Gasteiger partial charge >= 0.3 is 0 Å². The molecule has 15 heavy (non-hydrogen) atoms. The molecule has 3 nitrogen and oxygen atoms in total. The van der Waals surface area contributed by atoms with Gasteiger partial charge in [0, 0.05) is 19.1 Å². The lowest BCUT2D eigenvalue weighted by molar-refractivity contribution is -0.133. The molecule has 1 amide bonds. The third kappa shape index (κ3) is 5.78. The molecule has 0 saturated heterocycles. The van der Waals surface area contributed by atoms with Crippen LogP contribution in [0.3, 0.4) is 0 Å². The Balaban J connectivity index is 4.10.